The molecule has 1 aromatic rings. The molecule has 3 nitrogen and oxygen atoms in total. The van der Waals surface area contributed by atoms with Crippen molar-refractivity contribution in [3.05, 3.63) is 22.4 Å². The Kier molecular flexibility index (Phi) is 2.35. The summed E-state index contributed by atoms with van der Waals surface area (Å²) in [5.41, 5.74) is -1.12. The van der Waals surface area contributed by atoms with Crippen molar-refractivity contribution in [1.29, 1.82) is 0 Å². The molecule has 1 aliphatic heterocycles. The highest BCUT2D eigenvalue weighted by atomic mass is 32.1. The van der Waals surface area contributed by atoms with Crippen LogP contribution in [0.5, 0.6) is 0 Å². The minimum Gasteiger partial charge on any atom is -0.481 e. The standard InChI is InChI=1S/C11H14O3S/c1-10(2,9(12)13)11(6-14-7-11)8-4-3-5-15-8/h3-5H,6-7H2,1-2H3,(H,12,13). The summed E-state index contributed by atoms with van der Waals surface area (Å²) in [5.74, 6) is -0.765. The predicted octanol–water partition coefficient (Wildman–Crippen LogP) is 2.13. The van der Waals surface area contributed by atoms with E-state index in [4.69, 9.17) is 4.74 Å². The Labute approximate surface area is 92.7 Å². The average Bonchev–Trinajstić information content (AvgIpc) is 2.54. The van der Waals surface area contributed by atoms with Crippen LogP contribution in [-0.2, 0) is 14.9 Å². The number of rotatable bonds is 3. The van der Waals surface area contributed by atoms with Gasteiger partial charge in [-0.3, -0.25) is 4.79 Å². The summed E-state index contributed by atoms with van der Waals surface area (Å²) >= 11 is 1.61. The largest absolute Gasteiger partial charge is 0.481 e. The predicted molar refractivity (Wildman–Crippen MR) is 58.2 cm³/mol. The van der Waals surface area contributed by atoms with Gasteiger partial charge in [0.25, 0.3) is 0 Å². The van der Waals surface area contributed by atoms with Crippen molar-refractivity contribution >= 4 is 17.3 Å². The van der Waals surface area contributed by atoms with E-state index in [0.29, 0.717) is 13.2 Å². The lowest BCUT2D eigenvalue weighted by molar-refractivity contribution is -0.170. The fourth-order valence-corrected chi connectivity index (χ4v) is 2.93. The third kappa shape index (κ3) is 1.32. The van der Waals surface area contributed by atoms with Crippen LogP contribution < -0.4 is 0 Å². The first kappa shape index (κ1) is 10.6. The van der Waals surface area contributed by atoms with Gasteiger partial charge in [-0.1, -0.05) is 6.07 Å². The summed E-state index contributed by atoms with van der Waals surface area (Å²) in [6.07, 6.45) is 0. The second-order valence-corrected chi connectivity index (χ2v) is 5.43. The molecule has 0 atom stereocenters. The summed E-state index contributed by atoms with van der Waals surface area (Å²) in [4.78, 5) is 12.4. The van der Waals surface area contributed by atoms with E-state index in [9.17, 15) is 9.90 Å². The van der Waals surface area contributed by atoms with E-state index in [1.54, 1.807) is 25.2 Å². The second-order valence-electron chi connectivity index (χ2n) is 4.48. The van der Waals surface area contributed by atoms with Crippen LogP contribution in [0.2, 0.25) is 0 Å². The first-order chi connectivity index (χ1) is 7.01. The van der Waals surface area contributed by atoms with Gasteiger partial charge in [0.15, 0.2) is 0 Å². The van der Waals surface area contributed by atoms with Gasteiger partial charge < -0.3 is 9.84 Å². The average molecular weight is 226 g/mol. The van der Waals surface area contributed by atoms with Crippen molar-refractivity contribution in [3.8, 4) is 0 Å². The van der Waals surface area contributed by atoms with Gasteiger partial charge in [0.1, 0.15) is 0 Å². The maximum absolute atomic E-state index is 11.3. The fraction of sp³-hybridized carbons (Fsp3) is 0.545. The number of hydrogen-bond acceptors (Lipinski definition) is 3. The van der Waals surface area contributed by atoms with Crippen LogP contribution in [0, 0.1) is 5.41 Å². The van der Waals surface area contributed by atoms with Gasteiger partial charge in [-0.25, -0.2) is 0 Å². The van der Waals surface area contributed by atoms with Gasteiger partial charge in [0.2, 0.25) is 0 Å². The zero-order valence-electron chi connectivity index (χ0n) is 8.82. The molecule has 0 saturated carbocycles. The minimum atomic E-state index is -0.782. The quantitative estimate of drug-likeness (QED) is 0.858. The van der Waals surface area contributed by atoms with Crippen LogP contribution >= 0.6 is 11.3 Å². The lowest BCUT2D eigenvalue weighted by Gasteiger charge is -2.49. The van der Waals surface area contributed by atoms with Gasteiger partial charge >= 0.3 is 5.97 Å². The Morgan fingerprint density at radius 3 is 2.60 bits per heavy atom. The van der Waals surface area contributed by atoms with E-state index in [2.05, 4.69) is 0 Å². The highest BCUT2D eigenvalue weighted by Gasteiger charge is 2.56. The highest BCUT2D eigenvalue weighted by Crippen LogP contribution is 2.48. The van der Waals surface area contributed by atoms with E-state index < -0.39 is 11.4 Å². The van der Waals surface area contributed by atoms with Crippen molar-refractivity contribution in [2.24, 2.45) is 5.41 Å². The lowest BCUT2D eigenvalue weighted by atomic mass is 9.63. The normalized spacial score (nSPS) is 19.6. The molecule has 2 rings (SSSR count). The van der Waals surface area contributed by atoms with Gasteiger partial charge in [0, 0.05) is 4.88 Å². The monoisotopic (exact) mass is 226 g/mol. The van der Waals surface area contributed by atoms with E-state index in [-0.39, 0.29) is 5.41 Å². The van der Waals surface area contributed by atoms with E-state index in [1.165, 1.54) is 0 Å². The minimum absolute atomic E-state index is 0.340. The Morgan fingerprint density at radius 1 is 1.60 bits per heavy atom. The number of carbonyl (C=O) groups is 1. The van der Waals surface area contributed by atoms with Gasteiger partial charge in [0.05, 0.1) is 24.0 Å². The molecular formula is C11H14O3S. The van der Waals surface area contributed by atoms with Crippen LogP contribution in [0.15, 0.2) is 17.5 Å². The molecule has 0 unspecified atom stereocenters. The summed E-state index contributed by atoms with van der Waals surface area (Å²) in [7, 11) is 0. The first-order valence-corrected chi connectivity index (χ1v) is 5.74. The molecule has 1 fully saturated rings. The van der Waals surface area contributed by atoms with Crippen molar-refractivity contribution in [3.63, 3.8) is 0 Å². The van der Waals surface area contributed by atoms with E-state index in [0.717, 1.165) is 4.88 Å². The molecule has 0 radical (unpaired) electrons. The molecule has 1 saturated heterocycles. The molecule has 1 N–H and O–H groups in total. The molecule has 0 amide bonds. The smallest absolute Gasteiger partial charge is 0.310 e. The molecule has 0 bridgehead atoms. The summed E-state index contributed by atoms with van der Waals surface area (Å²) in [5, 5.41) is 11.3. The van der Waals surface area contributed by atoms with Crippen molar-refractivity contribution in [1.82, 2.24) is 0 Å². The molecule has 0 spiro atoms. The molecule has 1 aromatic heterocycles. The number of carboxylic acids is 1. The number of carboxylic acid groups (broad SMARTS) is 1. The highest BCUT2D eigenvalue weighted by molar-refractivity contribution is 7.10. The number of aliphatic carboxylic acids is 1. The van der Waals surface area contributed by atoms with Gasteiger partial charge in [-0.15, -0.1) is 11.3 Å². The fourth-order valence-electron chi connectivity index (χ4n) is 1.87. The SMILES string of the molecule is CC(C)(C(=O)O)C1(c2cccs2)COC1. The Morgan fingerprint density at radius 2 is 2.27 bits per heavy atom. The zero-order valence-corrected chi connectivity index (χ0v) is 9.63. The Hall–Kier alpha value is -0.870. The third-order valence-corrected chi connectivity index (χ3v) is 4.49. The summed E-state index contributed by atoms with van der Waals surface area (Å²) in [6, 6.07) is 3.95. The third-order valence-electron chi connectivity index (χ3n) is 3.42. The lowest BCUT2D eigenvalue weighted by Crippen LogP contribution is -2.59. The molecule has 0 aromatic carbocycles. The van der Waals surface area contributed by atoms with Crippen molar-refractivity contribution in [2.45, 2.75) is 19.3 Å². The van der Waals surface area contributed by atoms with Crippen LogP contribution in [0.1, 0.15) is 18.7 Å². The van der Waals surface area contributed by atoms with Crippen LogP contribution in [0.25, 0.3) is 0 Å². The molecule has 2 heterocycles. The Balaban J connectivity index is 2.42. The Bertz CT molecular complexity index is 363. The van der Waals surface area contributed by atoms with Gasteiger partial charge in [-0.05, 0) is 25.3 Å². The first-order valence-electron chi connectivity index (χ1n) is 4.86. The molecule has 82 valence electrons. The number of ether oxygens (including phenoxy) is 1. The zero-order chi connectivity index (χ0) is 11.1. The van der Waals surface area contributed by atoms with Crippen molar-refractivity contribution < 1.29 is 14.6 Å². The van der Waals surface area contributed by atoms with E-state index in [1.807, 2.05) is 17.5 Å². The topological polar surface area (TPSA) is 46.5 Å². The molecule has 4 heteroatoms. The summed E-state index contributed by atoms with van der Waals surface area (Å²) in [6.45, 7) is 4.56. The number of thiophene rings is 1. The molecule has 1 aliphatic rings. The molecular weight excluding hydrogens is 212 g/mol. The maximum Gasteiger partial charge on any atom is 0.310 e. The maximum atomic E-state index is 11.3. The van der Waals surface area contributed by atoms with Crippen LogP contribution in [-0.4, -0.2) is 24.3 Å². The summed E-state index contributed by atoms with van der Waals surface area (Å²) < 4.78 is 5.24. The molecule has 15 heavy (non-hydrogen) atoms. The van der Waals surface area contributed by atoms with Crippen LogP contribution in [0.3, 0.4) is 0 Å². The van der Waals surface area contributed by atoms with Crippen LogP contribution in [0.4, 0.5) is 0 Å². The van der Waals surface area contributed by atoms with Gasteiger partial charge in [-0.2, -0.15) is 0 Å². The molecule has 0 aliphatic carbocycles. The van der Waals surface area contributed by atoms with E-state index >= 15 is 0 Å². The van der Waals surface area contributed by atoms with Crippen molar-refractivity contribution in [2.75, 3.05) is 13.2 Å². The number of hydrogen-bond donors (Lipinski definition) is 1. The second kappa shape index (κ2) is 3.32.